The Morgan fingerprint density at radius 2 is 1.80 bits per heavy atom. The highest BCUT2D eigenvalue weighted by molar-refractivity contribution is 5.93. The van der Waals surface area contributed by atoms with Crippen molar-refractivity contribution in [3.8, 4) is 0 Å². The van der Waals surface area contributed by atoms with Crippen molar-refractivity contribution in [3.63, 3.8) is 0 Å². The largest absolute Gasteiger partial charge is 0.357 e. The molecule has 0 saturated heterocycles. The number of hydrogen-bond donors (Lipinski definition) is 3. The van der Waals surface area contributed by atoms with Gasteiger partial charge >= 0.3 is 0 Å². The van der Waals surface area contributed by atoms with Crippen molar-refractivity contribution in [2.75, 3.05) is 20.1 Å². The Kier molecular flexibility index (Phi) is 7.29. The number of rotatable bonds is 7. The van der Waals surface area contributed by atoms with Crippen LogP contribution in [-0.2, 0) is 6.54 Å². The summed E-state index contributed by atoms with van der Waals surface area (Å²) in [7, 11) is 1.64. The fourth-order valence-electron chi connectivity index (χ4n) is 3.47. The van der Waals surface area contributed by atoms with Crippen molar-refractivity contribution in [1.29, 1.82) is 0 Å². The normalized spacial score (nSPS) is 16.5. The summed E-state index contributed by atoms with van der Waals surface area (Å²) in [5.41, 5.74) is 2.20. The van der Waals surface area contributed by atoms with Gasteiger partial charge in [0, 0.05) is 25.7 Å². The summed E-state index contributed by atoms with van der Waals surface area (Å²) in [6, 6.07) is 7.60. The molecule has 1 fully saturated rings. The number of carbonyl (C=O) groups is 1. The lowest BCUT2D eigenvalue weighted by molar-refractivity contribution is 0.0963. The van der Waals surface area contributed by atoms with E-state index < -0.39 is 0 Å². The zero-order valence-electron chi connectivity index (χ0n) is 15.8. The predicted molar refractivity (Wildman–Crippen MR) is 104 cm³/mol. The molecule has 25 heavy (non-hydrogen) atoms. The summed E-state index contributed by atoms with van der Waals surface area (Å²) < 4.78 is 0. The first-order valence-electron chi connectivity index (χ1n) is 9.45. The highest BCUT2D eigenvalue weighted by Crippen LogP contribution is 2.40. The molecular weight excluding hydrogens is 312 g/mol. The van der Waals surface area contributed by atoms with Crippen LogP contribution in [0.2, 0.25) is 0 Å². The monoisotopic (exact) mass is 344 g/mol. The minimum atomic E-state index is -0.0634. The molecule has 1 aromatic rings. The summed E-state index contributed by atoms with van der Waals surface area (Å²) in [5.74, 6) is 0.809. The van der Waals surface area contributed by atoms with Crippen LogP contribution in [0.4, 0.5) is 0 Å². The minimum Gasteiger partial charge on any atom is -0.357 e. The molecule has 5 heteroatoms. The predicted octanol–water partition coefficient (Wildman–Crippen LogP) is 3.07. The summed E-state index contributed by atoms with van der Waals surface area (Å²) >= 11 is 0. The molecule has 1 amide bonds. The fraction of sp³-hybridized carbons (Fsp3) is 0.600. The highest BCUT2D eigenvalue weighted by Gasteiger charge is 2.31. The molecule has 0 heterocycles. The van der Waals surface area contributed by atoms with Crippen molar-refractivity contribution in [1.82, 2.24) is 16.0 Å². The Morgan fingerprint density at radius 3 is 2.36 bits per heavy atom. The Labute approximate surface area is 151 Å². The molecule has 0 unspecified atom stereocenters. The maximum Gasteiger partial charge on any atom is 0.251 e. The van der Waals surface area contributed by atoms with E-state index in [9.17, 15) is 4.79 Å². The van der Waals surface area contributed by atoms with Gasteiger partial charge in [0.1, 0.15) is 0 Å². The number of nitrogens with one attached hydrogen (secondary N) is 3. The lowest BCUT2D eigenvalue weighted by Crippen LogP contribution is -2.42. The molecular formula is C20H32N4O. The SMILES string of the molecule is CCNC(=NCc1ccc(C(=O)NC)cc1)NCC1(CC)CCCC1. The molecule has 1 aliphatic rings. The Balaban J connectivity index is 1.95. The van der Waals surface area contributed by atoms with Gasteiger partial charge in [-0.05, 0) is 49.3 Å². The molecule has 0 radical (unpaired) electrons. The Bertz CT molecular complexity index is 574. The zero-order chi connectivity index (χ0) is 18.1. The van der Waals surface area contributed by atoms with E-state index in [0.29, 0.717) is 17.5 Å². The number of hydrogen-bond acceptors (Lipinski definition) is 2. The Hall–Kier alpha value is -2.04. The second-order valence-electron chi connectivity index (χ2n) is 6.89. The van der Waals surface area contributed by atoms with Gasteiger partial charge in [-0.3, -0.25) is 4.79 Å². The standard InChI is InChI=1S/C20H32N4O/c1-4-20(12-6-7-13-20)15-24-19(22-5-2)23-14-16-8-10-17(11-9-16)18(25)21-3/h8-11H,4-7,12-15H2,1-3H3,(H,21,25)(H2,22,23,24). The van der Waals surface area contributed by atoms with Gasteiger partial charge < -0.3 is 16.0 Å². The lowest BCUT2D eigenvalue weighted by atomic mass is 9.83. The van der Waals surface area contributed by atoms with Crippen LogP contribution in [0, 0.1) is 5.41 Å². The van der Waals surface area contributed by atoms with Gasteiger partial charge in [-0.1, -0.05) is 31.9 Å². The van der Waals surface area contributed by atoms with Crippen molar-refractivity contribution < 1.29 is 4.79 Å². The molecule has 1 aromatic carbocycles. The van der Waals surface area contributed by atoms with Gasteiger partial charge in [-0.2, -0.15) is 0 Å². The summed E-state index contributed by atoms with van der Waals surface area (Å²) in [6.07, 6.45) is 6.55. The molecule has 3 N–H and O–H groups in total. The van der Waals surface area contributed by atoms with E-state index in [-0.39, 0.29) is 5.91 Å². The second kappa shape index (κ2) is 9.44. The number of benzene rings is 1. The number of aliphatic imine (C=N–C) groups is 1. The van der Waals surface area contributed by atoms with E-state index in [1.54, 1.807) is 7.05 Å². The molecule has 0 bridgehead atoms. The van der Waals surface area contributed by atoms with E-state index in [1.807, 2.05) is 24.3 Å². The van der Waals surface area contributed by atoms with Crippen LogP contribution < -0.4 is 16.0 Å². The highest BCUT2D eigenvalue weighted by atomic mass is 16.1. The van der Waals surface area contributed by atoms with Crippen LogP contribution in [0.3, 0.4) is 0 Å². The van der Waals surface area contributed by atoms with E-state index in [4.69, 9.17) is 4.99 Å². The first-order chi connectivity index (χ1) is 12.1. The third-order valence-electron chi connectivity index (χ3n) is 5.25. The number of nitrogens with zero attached hydrogens (tertiary/aromatic N) is 1. The average molecular weight is 345 g/mol. The van der Waals surface area contributed by atoms with Crippen LogP contribution in [0.5, 0.6) is 0 Å². The first-order valence-corrected chi connectivity index (χ1v) is 9.45. The Morgan fingerprint density at radius 1 is 1.12 bits per heavy atom. The van der Waals surface area contributed by atoms with Gasteiger partial charge in [-0.25, -0.2) is 4.99 Å². The van der Waals surface area contributed by atoms with E-state index in [2.05, 4.69) is 29.8 Å². The maximum absolute atomic E-state index is 11.6. The average Bonchev–Trinajstić information content (AvgIpc) is 3.13. The number of amides is 1. The van der Waals surface area contributed by atoms with E-state index >= 15 is 0 Å². The van der Waals surface area contributed by atoms with Gasteiger partial charge in [0.05, 0.1) is 6.54 Å². The van der Waals surface area contributed by atoms with Crippen molar-refractivity contribution in [3.05, 3.63) is 35.4 Å². The molecule has 1 saturated carbocycles. The molecule has 138 valence electrons. The molecule has 0 aliphatic heterocycles. The summed E-state index contributed by atoms with van der Waals surface area (Å²) in [4.78, 5) is 16.3. The van der Waals surface area contributed by atoms with Crippen molar-refractivity contribution in [2.24, 2.45) is 10.4 Å². The molecule has 0 aromatic heterocycles. The molecule has 0 atom stereocenters. The number of carbonyl (C=O) groups excluding carboxylic acids is 1. The molecule has 0 spiro atoms. The van der Waals surface area contributed by atoms with Gasteiger partial charge in [0.2, 0.25) is 0 Å². The third-order valence-corrected chi connectivity index (χ3v) is 5.25. The fourth-order valence-corrected chi connectivity index (χ4v) is 3.47. The summed E-state index contributed by atoms with van der Waals surface area (Å²) in [6.45, 7) is 6.82. The second-order valence-corrected chi connectivity index (χ2v) is 6.89. The van der Waals surface area contributed by atoms with Crippen LogP contribution in [0.25, 0.3) is 0 Å². The smallest absolute Gasteiger partial charge is 0.251 e. The lowest BCUT2D eigenvalue weighted by Gasteiger charge is -2.28. The molecule has 1 aliphatic carbocycles. The van der Waals surface area contributed by atoms with Crippen LogP contribution in [-0.4, -0.2) is 32.0 Å². The van der Waals surface area contributed by atoms with E-state index in [1.165, 1.54) is 32.1 Å². The zero-order valence-corrected chi connectivity index (χ0v) is 15.8. The topological polar surface area (TPSA) is 65.5 Å². The van der Waals surface area contributed by atoms with Crippen LogP contribution in [0.15, 0.2) is 29.3 Å². The molecule has 5 nitrogen and oxygen atoms in total. The molecule has 2 rings (SSSR count). The van der Waals surface area contributed by atoms with Gasteiger partial charge in [0.25, 0.3) is 5.91 Å². The van der Waals surface area contributed by atoms with Crippen LogP contribution >= 0.6 is 0 Å². The van der Waals surface area contributed by atoms with Gasteiger partial charge in [-0.15, -0.1) is 0 Å². The van der Waals surface area contributed by atoms with Crippen LogP contribution in [0.1, 0.15) is 61.9 Å². The first kappa shape index (κ1) is 19.3. The number of guanidine groups is 1. The third kappa shape index (κ3) is 5.48. The minimum absolute atomic E-state index is 0.0634. The van der Waals surface area contributed by atoms with Crippen molar-refractivity contribution in [2.45, 2.75) is 52.5 Å². The quantitative estimate of drug-likeness (QED) is 0.526. The van der Waals surface area contributed by atoms with E-state index in [0.717, 1.165) is 24.6 Å². The van der Waals surface area contributed by atoms with Crippen molar-refractivity contribution >= 4 is 11.9 Å². The van der Waals surface area contributed by atoms with Gasteiger partial charge in [0.15, 0.2) is 5.96 Å². The maximum atomic E-state index is 11.6. The summed E-state index contributed by atoms with van der Waals surface area (Å²) in [5, 5.41) is 9.50.